The van der Waals surface area contributed by atoms with Gasteiger partial charge in [-0.1, -0.05) is 44.7 Å². The first-order valence-corrected chi connectivity index (χ1v) is 10.8. The topological polar surface area (TPSA) is 35.5 Å². The molecule has 3 nitrogen and oxygen atoms in total. The van der Waals surface area contributed by atoms with Crippen molar-refractivity contribution in [2.75, 3.05) is 6.61 Å². The summed E-state index contributed by atoms with van der Waals surface area (Å²) in [5.74, 6) is 7.44. The van der Waals surface area contributed by atoms with Crippen LogP contribution in [0.1, 0.15) is 75.8 Å². The molecule has 1 aliphatic rings. The van der Waals surface area contributed by atoms with Crippen LogP contribution in [0, 0.1) is 11.8 Å². The quantitative estimate of drug-likeness (QED) is 0.492. The third-order valence-corrected chi connectivity index (χ3v) is 5.52. The third kappa shape index (κ3) is 5.05. The Morgan fingerprint density at radius 3 is 2.40 bits per heavy atom. The van der Waals surface area contributed by atoms with E-state index in [1.165, 1.54) is 11.1 Å². The predicted octanol–water partition coefficient (Wildman–Crippen LogP) is 5.59. The third-order valence-electron chi connectivity index (χ3n) is 5.52. The lowest BCUT2D eigenvalue weighted by molar-refractivity contribution is -0.142. The van der Waals surface area contributed by atoms with E-state index in [-0.39, 0.29) is 23.4 Å². The minimum atomic E-state index is -0.203. The molecule has 0 bridgehead atoms. The number of fused-ring (bicyclic) bond motifs is 1. The summed E-state index contributed by atoms with van der Waals surface area (Å²) < 4.78 is 11.3. The van der Waals surface area contributed by atoms with Crippen molar-refractivity contribution in [1.29, 1.82) is 0 Å². The molecule has 0 aromatic heterocycles. The normalized spacial score (nSPS) is 15.9. The molecule has 0 fully saturated rings. The van der Waals surface area contributed by atoms with Gasteiger partial charge in [0.2, 0.25) is 0 Å². The van der Waals surface area contributed by atoms with Crippen LogP contribution < -0.4 is 4.74 Å². The van der Waals surface area contributed by atoms with Gasteiger partial charge in [-0.3, -0.25) is 4.79 Å². The fraction of sp³-hybridized carbons (Fsp3) is 0.444. The van der Waals surface area contributed by atoms with Crippen LogP contribution in [-0.2, 0) is 27.8 Å². The van der Waals surface area contributed by atoms with Gasteiger partial charge in [0.1, 0.15) is 11.4 Å². The lowest BCUT2D eigenvalue weighted by Crippen LogP contribution is -2.41. The van der Waals surface area contributed by atoms with Gasteiger partial charge in [0.25, 0.3) is 0 Å². The number of esters is 1. The van der Waals surface area contributed by atoms with Crippen LogP contribution in [0.25, 0.3) is 0 Å². The minimum Gasteiger partial charge on any atom is -0.488 e. The van der Waals surface area contributed by atoms with E-state index < -0.39 is 0 Å². The summed E-state index contributed by atoms with van der Waals surface area (Å²) in [6.45, 7) is 13.2. The molecule has 3 rings (SSSR count). The highest BCUT2D eigenvalue weighted by molar-refractivity contribution is 5.72. The molecule has 2 aromatic rings. The molecule has 0 atom stereocenters. The molecule has 1 aliphatic heterocycles. The molecule has 0 saturated heterocycles. The minimum absolute atomic E-state index is 0.0362. The lowest BCUT2D eigenvalue weighted by Gasteiger charge is -2.42. The van der Waals surface area contributed by atoms with Gasteiger partial charge in [0.05, 0.1) is 13.0 Å². The lowest BCUT2D eigenvalue weighted by atomic mass is 9.73. The molecule has 0 saturated carbocycles. The average molecular weight is 405 g/mol. The monoisotopic (exact) mass is 404 g/mol. The molecule has 0 aliphatic carbocycles. The van der Waals surface area contributed by atoms with E-state index in [2.05, 4.69) is 58.6 Å². The van der Waals surface area contributed by atoms with Crippen LogP contribution in [-0.4, -0.2) is 18.2 Å². The highest BCUT2D eigenvalue weighted by Crippen LogP contribution is 2.45. The first-order valence-electron chi connectivity index (χ1n) is 10.8. The Morgan fingerprint density at radius 1 is 1.07 bits per heavy atom. The standard InChI is InChI=1S/C27H32O3/c1-7-21-17-24-23(26(3,4)18-27(5,6)30-24)16-22(21)14-13-19-9-11-20(12-10-19)15-25(28)29-8-2/h9-12,16-17H,7-8,15,18H2,1-6H3. The maximum Gasteiger partial charge on any atom is 0.310 e. The van der Waals surface area contributed by atoms with E-state index in [9.17, 15) is 4.79 Å². The fourth-order valence-corrected chi connectivity index (χ4v) is 4.36. The van der Waals surface area contributed by atoms with Gasteiger partial charge >= 0.3 is 5.97 Å². The summed E-state index contributed by atoms with van der Waals surface area (Å²) in [4.78, 5) is 11.6. The van der Waals surface area contributed by atoms with Gasteiger partial charge in [0.15, 0.2) is 0 Å². The molecular formula is C27H32O3. The summed E-state index contributed by atoms with van der Waals surface area (Å²) in [6.07, 6.45) is 2.16. The first-order chi connectivity index (χ1) is 14.1. The number of aryl methyl sites for hydroxylation is 1. The number of benzene rings is 2. The Morgan fingerprint density at radius 2 is 1.77 bits per heavy atom. The summed E-state index contributed by atoms with van der Waals surface area (Å²) in [6, 6.07) is 12.2. The number of carbonyl (C=O) groups is 1. The van der Waals surface area contributed by atoms with Crippen LogP contribution in [0.15, 0.2) is 36.4 Å². The van der Waals surface area contributed by atoms with Crippen molar-refractivity contribution >= 4 is 5.97 Å². The number of rotatable bonds is 4. The number of hydrogen-bond donors (Lipinski definition) is 0. The van der Waals surface area contributed by atoms with Crippen molar-refractivity contribution in [1.82, 2.24) is 0 Å². The van der Waals surface area contributed by atoms with Crippen LogP contribution >= 0.6 is 0 Å². The fourth-order valence-electron chi connectivity index (χ4n) is 4.36. The molecule has 0 N–H and O–H groups in total. The Bertz CT molecular complexity index is 985. The summed E-state index contributed by atoms with van der Waals surface area (Å²) >= 11 is 0. The molecule has 0 spiro atoms. The molecule has 0 unspecified atom stereocenters. The highest BCUT2D eigenvalue weighted by Gasteiger charge is 2.39. The number of hydrogen-bond acceptors (Lipinski definition) is 3. The first kappa shape index (κ1) is 22.0. The maximum absolute atomic E-state index is 11.6. The van der Waals surface area contributed by atoms with Gasteiger partial charge in [-0.25, -0.2) is 0 Å². The predicted molar refractivity (Wildman–Crippen MR) is 121 cm³/mol. The van der Waals surface area contributed by atoms with Crippen molar-refractivity contribution in [2.24, 2.45) is 0 Å². The maximum atomic E-state index is 11.6. The zero-order valence-corrected chi connectivity index (χ0v) is 19.0. The summed E-state index contributed by atoms with van der Waals surface area (Å²) in [5.41, 5.74) is 5.22. The second kappa shape index (κ2) is 8.56. The molecule has 2 aromatic carbocycles. The second-order valence-electron chi connectivity index (χ2n) is 9.21. The molecule has 30 heavy (non-hydrogen) atoms. The Kier molecular flexibility index (Phi) is 6.27. The van der Waals surface area contributed by atoms with E-state index in [0.717, 1.165) is 35.3 Å². The molecule has 3 heteroatoms. The van der Waals surface area contributed by atoms with Gasteiger partial charge in [0, 0.05) is 16.7 Å². The molecule has 0 amide bonds. The van der Waals surface area contributed by atoms with Crippen molar-refractivity contribution in [3.8, 4) is 17.6 Å². The molecule has 158 valence electrons. The molecular weight excluding hydrogens is 372 g/mol. The van der Waals surface area contributed by atoms with Crippen LogP contribution in [0.2, 0.25) is 0 Å². The molecule has 1 heterocycles. The van der Waals surface area contributed by atoms with Gasteiger partial charge in [-0.2, -0.15) is 0 Å². The van der Waals surface area contributed by atoms with Crippen molar-refractivity contribution in [3.05, 3.63) is 64.2 Å². The second-order valence-corrected chi connectivity index (χ2v) is 9.21. The SMILES string of the molecule is CCOC(=O)Cc1ccc(C#Cc2cc3c(cc2CC)OC(C)(C)CC3(C)C)cc1. The van der Waals surface area contributed by atoms with Crippen molar-refractivity contribution < 1.29 is 14.3 Å². The van der Waals surface area contributed by atoms with Crippen LogP contribution in [0.3, 0.4) is 0 Å². The zero-order chi connectivity index (χ0) is 21.9. The summed E-state index contributed by atoms with van der Waals surface area (Å²) in [5, 5.41) is 0. The Balaban J connectivity index is 1.88. The van der Waals surface area contributed by atoms with E-state index >= 15 is 0 Å². The molecule has 0 radical (unpaired) electrons. The number of carbonyl (C=O) groups excluding carboxylic acids is 1. The van der Waals surface area contributed by atoms with E-state index in [0.29, 0.717) is 6.61 Å². The van der Waals surface area contributed by atoms with E-state index in [4.69, 9.17) is 9.47 Å². The number of ether oxygens (including phenoxy) is 2. The summed E-state index contributed by atoms with van der Waals surface area (Å²) in [7, 11) is 0. The van der Waals surface area contributed by atoms with Gasteiger partial charge < -0.3 is 9.47 Å². The Labute approximate surface area is 180 Å². The van der Waals surface area contributed by atoms with Gasteiger partial charge in [-0.15, -0.1) is 0 Å². The highest BCUT2D eigenvalue weighted by atomic mass is 16.5. The smallest absolute Gasteiger partial charge is 0.310 e. The van der Waals surface area contributed by atoms with Crippen LogP contribution in [0.5, 0.6) is 5.75 Å². The van der Waals surface area contributed by atoms with Crippen LogP contribution in [0.4, 0.5) is 0 Å². The van der Waals surface area contributed by atoms with Crippen molar-refractivity contribution in [2.45, 2.75) is 71.8 Å². The Hall–Kier alpha value is -2.73. The average Bonchev–Trinajstić information content (AvgIpc) is 2.65. The van der Waals surface area contributed by atoms with Gasteiger partial charge in [-0.05, 0) is 74.4 Å². The van der Waals surface area contributed by atoms with E-state index in [1.807, 2.05) is 31.2 Å². The zero-order valence-electron chi connectivity index (χ0n) is 19.0. The van der Waals surface area contributed by atoms with Crippen molar-refractivity contribution in [3.63, 3.8) is 0 Å². The largest absolute Gasteiger partial charge is 0.488 e. The van der Waals surface area contributed by atoms with E-state index in [1.54, 1.807) is 0 Å².